The van der Waals surface area contributed by atoms with E-state index in [1.54, 1.807) is 14.0 Å². The van der Waals surface area contributed by atoms with Gasteiger partial charge in [-0.05, 0) is 25.5 Å². The molecule has 19 heavy (non-hydrogen) atoms. The molecule has 0 aliphatic carbocycles. The van der Waals surface area contributed by atoms with Gasteiger partial charge in [-0.3, -0.25) is 4.79 Å². The van der Waals surface area contributed by atoms with Crippen LogP contribution in [-0.2, 0) is 0 Å². The SMILES string of the molecule is Cc1cc(C(=O)N(C)C(C)CO)sc1C#CCCO. The van der Waals surface area contributed by atoms with E-state index in [2.05, 4.69) is 11.8 Å². The van der Waals surface area contributed by atoms with E-state index in [4.69, 9.17) is 10.2 Å². The van der Waals surface area contributed by atoms with Gasteiger partial charge in [-0.15, -0.1) is 11.3 Å². The summed E-state index contributed by atoms with van der Waals surface area (Å²) in [6.45, 7) is 3.68. The fraction of sp³-hybridized carbons (Fsp3) is 0.500. The highest BCUT2D eigenvalue weighted by Crippen LogP contribution is 2.22. The molecule has 1 aromatic rings. The van der Waals surface area contributed by atoms with Gasteiger partial charge in [0.2, 0.25) is 0 Å². The monoisotopic (exact) mass is 281 g/mol. The molecule has 1 amide bonds. The molecule has 1 aromatic heterocycles. The number of nitrogens with zero attached hydrogens (tertiary/aromatic N) is 1. The molecule has 104 valence electrons. The molecule has 5 heteroatoms. The zero-order chi connectivity index (χ0) is 14.4. The van der Waals surface area contributed by atoms with Gasteiger partial charge < -0.3 is 15.1 Å². The van der Waals surface area contributed by atoms with E-state index >= 15 is 0 Å². The first kappa shape index (κ1) is 15.7. The van der Waals surface area contributed by atoms with Crippen LogP contribution in [0.5, 0.6) is 0 Å². The van der Waals surface area contributed by atoms with Crippen LogP contribution >= 0.6 is 11.3 Å². The Hall–Kier alpha value is -1.35. The minimum atomic E-state index is -0.209. The predicted molar refractivity (Wildman–Crippen MR) is 76.3 cm³/mol. The van der Waals surface area contributed by atoms with Crippen molar-refractivity contribution in [2.24, 2.45) is 0 Å². The molecule has 1 atom stereocenters. The Balaban J connectivity index is 2.89. The lowest BCUT2D eigenvalue weighted by Crippen LogP contribution is -2.36. The van der Waals surface area contributed by atoms with E-state index in [1.807, 2.05) is 13.0 Å². The van der Waals surface area contributed by atoms with Gasteiger partial charge in [0.1, 0.15) is 0 Å². The summed E-state index contributed by atoms with van der Waals surface area (Å²) in [7, 11) is 1.68. The van der Waals surface area contributed by atoms with Crippen LogP contribution in [0.4, 0.5) is 0 Å². The van der Waals surface area contributed by atoms with Crippen molar-refractivity contribution in [1.82, 2.24) is 4.90 Å². The first-order valence-electron chi connectivity index (χ1n) is 6.09. The first-order chi connectivity index (χ1) is 9.01. The Bertz CT molecular complexity index is 499. The molecule has 0 radical (unpaired) electrons. The summed E-state index contributed by atoms with van der Waals surface area (Å²) in [6, 6.07) is 1.61. The molecule has 1 heterocycles. The lowest BCUT2D eigenvalue weighted by atomic mass is 10.2. The Morgan fingerprint density at radius 3 is 2.79 bits per heavy atom. The highest BCUT2D eigenvalue weighted by molar-refractivity contribution is 7.14. The average molecular weight is 281 g/mol. The smallest absolute Gasteiger partial charge is 0.264 e. The lowest BCUT2D eigenvalue weighted by molar-refractivity contribution is 0.0687. The fourth-order valence-electron chi connectivity index (χ4n) is 1.41. The minimum absolute atomic E-state index is 0.0416. The molecule has 2 N–H and O–H groups in total. The second-order valence-corrected chi connectivity index (χ2v) is 5.40. The zero-order valence-corrected chi connectivity index (χ0v) is 12.3. The Morgan fingerprint density at radius 2 is 2.21 bits per heavy atom. The van der Waals surface area contributed by atoms with Crippen LogP contribution in [0.25, 0.3) is 0 Å². The van der Waals surface area contributed by atoms with Crippen molar-refractivity contribution >= 4 is 17.2 Å². The van der Waals surface area contributed by atoms with Crippen LogP contribution in [0.1, 0.15) is 33.5 Å². The van der Waals surface area contributed by atoms with Crippen molar-refractivity contribution in [2.45, 2.75) is 26.3 Å². The van der Waals surface area contributed by atoms with E-state index in [9.17, 15) is 4.79 Å². The number of carbonyl (C=O) groups is 1. The summed E-state index contributed by atoms with van der Waals surface area (Å²) in [4.78, 5) is 15.2. The standard InChI is InChI=1S/C14H19NO3S/c1-10-8-13(14(18)15(3)11(2)9-17)19-12(10)6-4-5-7-16/h8,11,16-17H,5,7,9H2,1-3H3. The highest BCUT2D eigenvalue weighted by atomic mass is 32.1. The summed E-state index contributed by atoms with van der Waals surface area (Å²) in [5.74, 6) is 5.71. The third-order valence-corrected chi connectivity index (χ3v) is 3.95. The Labute approximate surface area is 117 Å². The first-order valence-corrected chi connectivity index (χ1v) is 6.91. The van der Waals surface area contributed by atoms with Gasteiger partial charge in [-0.2, -0.15) is 0 Å². The molecule has 1 rings (SSSR count). The molecule has 0 saturated heterocycles. The number of hydrogen-bond donors (Lipinski definition) is 2. The molecule has 0 saturated carbocycles. The maximum Gasteiger partial charge on any atom is 0.264 e. The van der Waals surface area contributed by atoms with Crippen LogP contribution < -0.4 is 0 Å². The topological polar surface area (TPSA) is 60.8 Å². The molecular formula is C14H19NO3S. The molecule has 1 unspecified atom stereocenters. The van der Waals surface area contributed by atoms with Crippen molar-refractivity contribution in [3.63, 3.8) is 0 Å². The number of hydrogen-bond acceptors (Lipinski definition) is 4. The number of carbonyl (C=O) groups excluding carboxylic acids is 1. The quantitative estimate of drug-likeness (QED) is 0.816. The Morgan fingerprint density at radius 1 is 1.53 bits per heavy atom. The summed E-state index contributed by atoms with van der Waals surface area (Å²) in [5, 5.41) is 17.8. The van der Waals surface area contributed by atoms with Gasteiger partial charge in [0.25, 0.3) is 5.91 Å². The van der Waals surface area contributed by atoms with Gasteiger partial charge in [0.15, 0.2) is 0 Å². The predicted octanol–water partition coefficient (Wildman–Crippen LogP) is 1.24. The molecule has 0 aliphatic rings. The van der Waals surface area contributed by atoms with Crippen LogP contribution in [0.15, 0.2) is 6.07 Å². The summed E-state index contributed by atoms with van der Waals surface area (Å²) >= 11 is 1.35. The van der Waals surface area contributed by atoms with Crippen LogP contribution in [-0.4, -0.2) is 47.3 Å². The molecular weight excluding hydrogens is 262 g/mol. The normalized spacial score (nSPS) is 11.6. The van der Waals surface area contributed by atoms with Crippen molar-refractivity contribution in [3.05, 3.63) is 21.4 Å². The van der Waals surface area contributed by atoms with Gasteiger partial charge in [0.05, 0.1) is 29.0 Å². The molecule has 0 fully saturated rings. The van der Waals surface area contributed by atoms with E-state index in [1.165, 1.54) is 16.2 Å². The van der Waals surface area contributed by atoms with Crippen LogP contribution in [0.3, 0.4) is 0 Å². The molecule has 0 aromatic carbocycles. The van der Waals surface area contributed by atoms with Gasteiger partial charge in [0, 0.05) is 13.5 Å². The fourth-order valence-corrected chi connectivity index (χ4v) is 2.44. The molecule has 0 aliphatic heterocycles. The van der Waals surface area contributed by atoms with Crippen molar-refractivity contribution in [3.8, 4) is 11.8 Å². The number of likely N-dealkylation sites (N-methyl/N-ethyl adjacent to an activating group) is 1. The maximum atomic E-state index is 12.2. The van der Waals surface area contributed by atoms with Crippen molar-refractivity contribution in [1.29, 1.82) is 0 Å². The number of aryl methyl sites for hydroxylation is 1. The van der Waals surface area contributed by atoms with Gasteiger partial charge in [-0.25, -0.2) is 0 Å². The minimum Gasteiger partial charge on any atom is -0.395 e. The van der Waals surface area contributed by atoms with E-state index < -0.39 is 0 Å². The van der Waals surface area contributed by atoms with Crippen LogP contribution in [0, 0.1) is 18.8 Å². The van der Waals surface area contributed by atoms with Crippen LogP contribution in [0.2, 0.25) is 0 Å². The second kappa shape index (κ2) is 7.29. The highest BCUT2D eigenvalue weighted by Gasteiger charge is 2.19. The Kier molecular flexibility index (Phi) is 6.03. The largest absolute Gasteiger partial charge is 0.395 e. The third kappa shape index (κ3) is 4.06. The van der Waals surface area contributed by atoms with Gasteiger partial charge >= 0.3 is 0 Å². The zero-order valence-electron chi connectivity index (χ0n) is 11.4. The number of thiophene rings is 1. The summed E-state index contributed by atoms with van der Waals surface area (Å²) in [6.07, 6.45) is 0.433. The molecule has 0 spiro atoms. The molecule has 0 bridgehead atoms. The van der Waals surface area contributed by atoms with E-state index in [0.717, 1.165) is 10.4 Å². The molecule has 4 nitrogen and oxygen atoms in total. The average Bonchev–Trinajstić information content (AvgIpc) is 2.78. The summed E-state index contributed by atoms with van der Waals surface area (Å²) < 4.78 is 0. The lowest BCUT2D eigenvalue weighted by Gasteiger charge is -2.22. The second-order valence-electron chi connectivity index (χ2n) is 4.35. The number of amides is 1. The van der Waals surface area contributed by atoms with Gasteiger partial charge in [-0.1, -0.05) is 11.8 Å². The van der Waals surface area contributed by atoms with Crippen molar-refractivity contribution < 1.29 is 15.0 Å². The van der Waals surface area contributed by atoms with E-state index in [-0.39, 0.29) is 25.2 Å². The maximum absolute atomic E-state index is 12.2. The van der Waals surface area contributed by atoms with E-state index in [0.29, 0.717) is 11.3 Å². The third-order valence-electron chi connectivity index (χ3n) is 2.81. The number of rotatable bonds is 4. The number of aliphatic hydroxyl groups is 2. The number of aliphatic hydroxyl groups excluding tert-OH is 2. The summed E-state index contributed by atoms with van der Waals surface area (Å²) in [5.41, 5.74) is 0.962. The van der Waals surface area contributed by atoms with Crippen molar-refractivity contribution in [2.75, 3.05) is 20.3 Å².